The molecule has 8 nitrogen and oxygen atoms in total. The van der Waals surface area contributed by atoms with Crippen molar-refractivity contribution in [3.8, 4) is 17.2 Å². The van der Waals surface area contributed by atoms with Gasteiger partial charge in [-0.15, -0.1) is 0 Å². The predicted molar refractivity (Wildman–Crippen MR) is 131 cm³/mol. The molecule has 4 amide bonds. The van der Waals surface area contributed by atoms with E-state index in [4.69, 9.17) is 14.2 Å². The molecular weight excluding hydrogens is 504 g/mol. The highest BCUT2D eigenvalue weighted by Gasteiger charge is 2.36. The number of hydrogen-bond acceptors (Lipinski definition) is 6. The third-order valence-corrected chi connectivity index (χ3v) is 5.34. The van der Waals surface area contributed by atoms with Crippen LogP contribution >= 0.6 is 15.9 Å². The van der Waals surface area contributed by atoms with Crippen molar-refractivity contribution >= 4 is 39.9 Å². The summed E-state index contributed by atoms with van der Waals surface area (Å²) in [6, 6.07) is 9.57. The van der Waals surface area contributed by atoms with Crippen LogP contribution in [0.2, 0.25) is 0 Å². The Morgan fingerprint density at radius 3 is 2.53 bits per heavy atom. The topological polar surface area (TPSA) is 94.2 Å². The second-order valence-electron chi connectivity index (χ2n) is 7.32. The number of nitrogens with zero attached hydrogens (tertiary/aromatic N) is 1. The Morgan fingerprint density at radius 1 is 1.06 bits per heavy atom. The molecule has 34 heavy (non-hydrogen) atoms. The lowest BCUT2D eigenvalue weighted by Gasteiger charge is -2.26. The lowest BCUT2D eigenvalue weighted by atomic mass is 10.1. The molecule has 0 atom stereocenters. The molecule has 1 saturated heterocycles. The van der Waals surface area contributed by atoms with E-state index in [0.29, 0.717) is 35.0 Å². The molecule has 1 heterocycles. The number of carbonyl (C=O) groups is 3. The zero-order valence-electron chi connectivity index (χ0n) is 18.9. The Kier molecular flexibility index (Phi) is 8.48. The molecule has 1 aliphatic rings. The summed E-state index contributed by atoms with van der Waals surface area (Å²) in [5.74, 6) is 0.0308. The van der Waals surface area contributed by atoms with Crippen LogP contribution in [0.3, 0.4) is 0 Å². The summed E-state index contributed by atoms with van der Waals surface area (Å²) in [6.45, 7) is 6.35. The van der Waals surface area contributed by atoms with Crippen LogP contribution < -0.4 is 19.5 Å². The van der Waals surface area contributed by atoms with Crippen molar-refractivity contribution in [2.45, 2.75) is 19.9 Å². The first-order chi connectivity index (χ1) is 16.4. The Hall–Kier alpha value is -3.59. The summed E-state index contributed by atoms with van der Waals surface area (Å²) in [7, 11) is 1.51. The van der Waals surface area contributed by atoms with E-state index in [1.807, 2.05) is 6.92 Å². The number of barbiturate groups is 1. The number of halogens is 1. The molecule has 1 aliphatic heterocycles. The van der Waals surface area contributed by atoms with Crippen molar-refractivity contribution in [2.75, 3.05) is 20.3 Å². The molecule has 178 valence electrons. The number of nitrogens with one attached hydrogen (secondary N) is 1. The fourth-order valence-corrected chi connectivity index (χ4v) is 3.61. The Balaban J connectivity index is 1.90. The van der Waals surface area contributed by atoms with E-state index in [1.54, 1.807) is 42.5 Å². The smallest absolute Gasteiger partial charge is 0.331 e. The quantitative estimate of drug-likeness (QED) is 0.277. The molecular formula is C25H25BrN2O6. The van der Waals surface area contributed by atoms with Gasteiger partial charge in [0.25, 0.3) is 11.8 Å². The summed E-state index contributed by atoms with van der Waals surface area (Å²) in [5, 5.41) is 2.23. The van der Waals surface area contributed by atoms with Crippen LogP contribution in [0.15, 0.2) is 59.1 Å². The van der Waals surface area contributed by atoms with Crippen molar-refractivity contribution in [2.24, 2.45) is 0 Å². The van der Waals surface area contributed by atoms with E-state index in [9.17, 15) is 14.4 Å². The molecule has 2 aromatic rings. The van der Waals surface area contributed by atoms with Crippen molar-refractivity contribution < 1.29 is 28.6 Å². The highest BCUT2D eigenvalue weighted by atomic mass is 79.9. The minimum absolute atomic E-state index is 0.0575. The molecule has 1 N–H and O–H groups in total. The highest BCUT2D eigenvalue weighted by molar-refractivity contribution is 9.10. The van der Waals surface area contributed by atoms with Crippen LogP contribution in [-0.4, -0.2) is 43.1 Å². The largest absolute Gasteiger partial charge is 0.493 e. The van der Waals surface area contributed by atoms with Gasteiger partial charge in [0, 0.05) is 10.0 Å². The molecule has 0 unspecified atom stereocenters. The average Bonchev–Trinajstić information content (AvgIpc) is 2.82. The van der Waals surface area contributed by atoms with E-state index in [2.05, 4.69) is 27.8 Å². The average molecular weight is 529 g/mol. The van der Waals surface area contributed by atoms with Gasteiger partial charge in [-0.05, 0) is 48.4 Å². The van der Waals surface area contributed by atoms with Crippen molar-refractivity contribution in [1.29, 1.82) is 0 Å². The van der Waals surface area contributed by atoms with Crippen LogP contribution in [0.4, 0.5) is 4.79 Å². The maximum Gasteiger partial charge on any atom is 0.331 e. The minimum atomic E-state index is -0.796. The zero-order valence-corrected chi connectivity index (χ0v) is 20.5. The van der Waals surface area contributed by atoms with Crippen LogP contribution in [0.5, 0.6) is 17.2 Å². The highest BCUT2D eigenvalue weighted by Crippen LogP contribution is 2.30. The summed E-state index contributed by atoms with van der Waals surface area (Å²) < 4.78 is 17.4. The first-order valence-electron chi connectivity index (χ1n) is 10.6. The van der Waals surface area contributed by atoms with Crippen molar-refractivity contribution in [1.82, 2.24) is 10.2 Å². The summed E-state index contributed by atoms with van der Waals surface area (Å²) >= 11 is 3.38. The summed E-state index contributed by atoms with van der Waals surface area (Å²) in [5.41, 5.74) is 0.953. The number of imide groups is 2. The zero-order chi connectivity index (χ0) is 24.7. The van der Waals surface area contributed by atoms with Gasteiger partial charge in [-0.1, -0.05) is 41.6 Å². The number of rotatable bonds is 10. The van der Waals surface area contributed by atoms with E-state index in [0.717, 1.165) is 15.8 Å². The molecule has 0 aromatic heterocycles. The van der Waals surface area contributed by atoms with Gasteiger partial charge in [0.1, 0.15) is 17.9 Å². The fourth-order valence-electron chi connectivity index (χ4n) is 3.23. The van der Waals surface area contributed by atoms with Gasteiger partial charge in [0.2, 0.25) is 0 Å². The number of methoxy groups -OCH3 is 1. The number of hydrogen-bond donors (Lipinski definition) is 1. The van der Waals surface area contributed by atoms with Gasteiger partial charge in [-0.25, -0.2) is 4.79 Å². The normalized spacial score (nSPS) is 14.7. The van der Waals surface area contributed by atoms with Crippen molar-refractivity contribution in [3.05, 3.63) is 70.2 Å². The standard InChI is InChI=1S/C25H25BrN2O6/c1-4-10-33-20-9-7-18(26)13-17(20)14-19-23(29)27-25(31)28(24(19)30)15-16-6-8-21(34-11-5-2)22(12-16)32-3/h4,6-9,12-14H,1,5,10-11,15H2,2-3H3,(H,27,29,31)/b19-14+. The van der Waals surface area contributed by atoms with E-state index >= 15 is 0 Å². The fraction of sp³-hybridized carbons (Fsp3) is 0.240. The molecule has 0 saturated carbocycles. The third-order valence-electron chi connectivity index (χ3n) is 4.84. The Bertz CT molecular complexity index is 1140. The molecule has 0 aliphatic carbocycles. The van der Waals surface area contributed by atoms with Gasteiger partial charge in [-0.3, -0.25) is 19.8 Å². The van der Waals surface area contributed by atoms with Gasteiger partial charge in [-0.2, -0.15) is 0 Å². The molecule has 9 heteroatoms. The van der Waals surface area contributed by atoms with E-state index in [-0.39, 0.29) is 18.7 Å². The van der Waals surface area contributed by atoms with Crippen LogP contribution in [0.25, 0.3) is 6.08 Å². The lowest BCUT2D eigenvalue weighted by Crippen LogP contribution is -2.53. The second-order valence-corrected chi connectivity index (χ2v) is 8.24. The molecule has 0 radical (unpaired) electrons. The number of ether oxygens (including phenoxy) is 3. The predicted octanol–water partition coefficient (Wildman–Crippen LogP) is 4.47. The molecule has 2 aromatic carbocycles. The molecule has 0 spiro atoms. The first-order valence-corrected chi connectivity index (χ1v) is 11.4. The maximum atomic E-state index is 13.2. The van der Waals surface area contributed by atoms with Crippen LogP contribution in [-0.2, 0) is 16.1 Å². The summed E-state index contributed by atoms with van der Waals surface area (Å²) in [6.07, 6.45) is 3.84. The molecule has 0 bridgehead atoms. The monoisotopic (exact) mass is 528 g/mol. The lowest BCUT2D eigenvalue weighted by molar-refractivity contribution is -0.130. The Morgan fingerprint density at radius 2 is 1.82 bits per heavy atom. The van der Waals surface area contributed by atoms with Crippen LogP contribution in [0.1, 0.15) is 24.5 Å². The molecule has 3 rings (SSSR count). The van der Waals surface area contributed by atoms with Crippen molar-refractivity contribution in [3.63, 3.8) is 0 Å². The third kappa shape index (κ3) is 5.85. The first kappa shape index (κ1) is 25.0. The SMILES string of the molecule is C=CCOc1ccc(Br)cc1/C=C1\C(=O)NC(=O)N(Cc2ccc(OCCC)c(OC)c2)C1=O. The van der Waals surface area contributed by atoms with E-state index < -0.39 is 17.8 Å². The molecule has 1 fully saturated rings. The number of benzene rings is 2. The number of carbonyl (C=O) groups excluding carboxylic acids is 3. The van der Waals surface area contributed by atoms with E-state index in [1.165, 1.54) is 13.2 Å². The van der Waals surface area contributed by atoms with Gasteiger partial charge in [0.15, 0.2) is 11.5 Å². The minimum Gasteiger partial charge on any atom is -0.493 e. The maximum absolute atomic E-state index is 13.2. The van der Waals surface area contributed by atoms with Gasteiger partial charge >= 0.3 is 6.03 Å². The number of urea groups is 1. The van der Waals surface area contributed by atoms with Gasteiger partial charge < -0.3 is 14.2 Å². The van der Waals surface area contributed by atoms with Crippen LogP contribution in [0, 0.1) is 0 Å². The number of amides is 4. The van der Waals surface area contributed by atoms with Gasteiger partial charge in [0.05, 0.1) is 20.3 Å². The second kappa shape index (κ2) is 11.5. The Labute approximate surface area is 206 Å². The summed E-state index contributed by atoms with van der Waals surface area (Å²) in [4.78, 5) is 39.2.